The first-order chi connectivity index (χ1) is 8.76. The van der Waals surface area contributed by atoms with Gasteiger partial charge in [-0.3, -0.25) is 0 Å². The molecule has 0 aromatic heterocycles. The molecule has 0 atom stereocenters. The Morgan fingerprint density at radius 2 is 1.78 bits per heavy atom. The average molecular weight is 255 g/mol. The largest absolute Gasteiger partial charge is 0.449 e. The third kappa shape index (κ3) is 6.27. The fraction of sp³-hybridized carbons (Fsp3) is 0.933. The second kappa shape index (κ2) is 9.23. The van der Waals surface area contributed by atoms with Crippen LogP contribution in [0.25, 0.3) is 0 Å². The molecule has 0 aromatic carbocycles. The van der Waals surface area contributed by atoms with Crippen molar-refractivity contribution in [3.8, 4) is 0 Å². The lowest BCUT2D eigenvalue weighted by atomic mass is 9.96. The van der Waals surface area contributed by atoms with Crippen LogP contribution in [0.2, 0.25) is 0 Å². The SMILES string of the molecule is CCCC(CCC)COC(=O)NC1CCCCC1. The summed E-state index contributed by atoms with van der Waals surface area (Å²) >= 11 is 0. The van der Waals surface area contributed by atoms with Gasteiger partial charge < -0.3 is 10.1 Å². The molecule has 0 radical (unpaired) electrons. The molecule has 0 saturated heterocycles. The highest BCUT2D eigenvalue weighted by atomic mass is 16.5. The zero-order valence-electron chi connectivity index (χ0n) is 12.0. The molecule has 3 nitrogen and oxygen atoms in total. The summed E-state index contributed by atoms with van der Waals surface area (Å²) in [5, 5.41) is 3.00. The lowest BCUT2D eigenvalue weighted by Gasteiger charge is -2.23. The summed E-state index contributed by atoms with van der Waals surface area (Å²) in [7, 11) is 0. The highest BCUT2D eigenvalue weighted by molar-refractivity contribution is 5.67. The Hall–Kier alpha value is -0.730. The molecule has 1 aliphatic carbocycles. The number of carbonyl (C=O) groups excluding carboxylic acids is 1. The molecule has 1 aliphatic rings. The summed E-state index contributed by atoms with van der Waals surface area (Å²) in [5.74, 6) is 0.539. The van der Waals surface area contributed by atoms with E-state index in [1.807, 2.05) is 0 Å². The van der Waals surface area contributed by atoms with Crippen LogP contribution in [0.5, 0.6) is 0 Å². The summed E-state index contributed by atoms with van der Waals surface area (Å²) < 4.78 is 5.36. The van der Waals surface area contributed by atoms with Crippen LogP contribution in [0.15, 0.2) is 0 Å². The van der Waals surface area contributed by atoms with E-state index in [1.54, 1.807) is 0 Å². The van der Waals surface area contributed by atoms with Gasteiger partial charge in [-0.05, 0) is 31.6 Å². The van der Waals surface area contributed by atoms with Crippen LogP contribution in [-0.2, 0) is 4.74 Å². The van der Waals surface area contributed by atoms with E-state index in [0.717, 1.165) is 38.5 Å². The molecule has 1 amide bonds. The first-order valence-corrected chi connectivity index (χ1v) is 7.69. The Bertz CT molecular complexity index is 219. The quantitative estimate of drug-likeness (QED) is 0.738. The van der Waals surface area contributed by atoms with Crippen molar-refractivity contribution in [1.82, 2.24) is 5.32 Å². The molecule has 0 aromatic rings. The van der Waals surface area contributed by atoms with E-state index in [9.17, 15) is 4.79 Å². The topological polar surface area (TPSA) is 38.3 Å². The van der Waals surface area contributed by atoms with Crippen molar-refractivity contribution in [2.45, 2.75) is 77.7 Å². The lowest BCUT2D eigenvalue weighted by Crippen LogP contribution is -2.37. The average Bonchev–Trinajstić information content (AvgIpc) is 2.38. The number of amides is 1. The van der Waals surface area contributed by atoms with Gasteiger partial charge in [0.25, 0.3) is 0 Å². The van der Waals surface area contributed by atoms with Crippen LogP contribution >= 0.6 is 0 Å². The van der Waals surface area contributed by atoms with Gasteiger partial charge in [-0.2, -0.15) is 0 Å². The van der Waals surface area contributed by atoms with Crippen LogP contribution in [0.3, 0.4) is 0 Å². The fourth-order valence-electron chi connectivity index (χ4n) is 2.78. The molecule has 3 heteroatoms. The molecule has 1 rings (SSSR count). The van der Waals surface area contributed by atoms with Crippen LogP contribution in [-0.4, -0.2) is 18.7 Å². The van der Waals surface area contributed by atoms with Crippen molar-refractivity contribution in [3.05, 3.63) is 0 Å². The Balaban J connectivity index is 2.17. The van der Waals surface area contributed by atoms with Crippen molar-refractivity contribution in [1.29, 1.82) is 0 Å². The van der Waals surface area contributed by atoms with Crippen molar-refractivity contribution in [2.75, 3.05) is 6.61 Å². The normalized spacial score (nSPS) is 16.8. The van der Waals surface area contributed by atoms with Gasteiger partial charge in [0.05, 0.1) is 6.61 Å². The van der Waals surface area contributed by atoms with E-state index in [0.29, 0.717) is 18.6 Å². The number of hydrogen-bond acceptors (Lipinski definition) is 2. The molecular formula is C15H29NO2. The maximum Gasteiger partial charge on any atom is 0.407 e. The Labute approximate surface area is 112 Å². The highest BCUT2D eigenvalue weighted by Gasteiger charge is 2.17. The standard InChI is InChI=1S/C15H29NO2/c1-3-8-13(9-4-2)12-18-15(17)16-14-10-6-5-7-11-14/h13-14H,3-12H2,1-2H3,(H,16,17). The van der Waals surface area contributed by atoms with E-state index in [-0.39, 0.29) is 6.09 Å². The van der Waals surface area contributed by atoms with Gasteiger partial charge in [0, 0.05) is 6.04 Å². The highest BCUT2D eigenvalue weighted by Crippen LogP contribution is 2.18. The molecule has 1 N–H and O–H groups in total. The maximum atomic E-state index is 11.7. The number of nitrogens with one attached hydrogen (secondary N) is 1. The molecule has 0 unspecified atom stereocenters. The summed E-state index contributed by atoms with van der Waals surface area (Å²) in [6, 6.07) is 0.349. The van der Waals surface area contributed by atoms with Gasteiger partial charge in [-0.1, -0.05) is 46.0 Å². The summed E-state index contributed by atoms with van der Waals surface area (Å²) in [6.07, 6.45) is 10.4. The summed E-state index contributed by atoms with van der Waals surface area (Å²) in [4.78, 5) is 11.7. The van der Waals surface area contributed by atoms with Gasteiger partial charge in [0.15, 0.2) is 0 Å². The second-order valence-electron chi connectivity index (χ2n) is 5.52. The summed E-state index contributed by atoms with van der Waals surface area (Å²) in [5.41, 5.74) is 0. The minimum atomic E-state index is -0.209. The molecular weight excluding hydrogens is 226 g/mol. The predicted octanol–water partition coefficient (Wildman–Crippen LogP) is 4.26. The minimum absolute atomic E-state index is 0.209. The zero-order chi connectivity index (χ0) is 13.2. The van der Waals surface area contributed by atoms with Crippen molar-refractivity contribution in [2.24, 2.45) is 5.92 Å². The minimum Gasteiger partial charge on any atom is -0.449 e. The summed E-state index contributed by atoms with van der Waals surface area (Å²) in [6.45, 7) is 4.95. The van der Waals surface area contributed by atoms with Crippen LogP contribution < -0.4 is 5.32 Å². The maximum absolute atomic E-state index is 11.7. The number of carbonyl (C=O) groups is 1. The van der Waals surface area contributed by atoms with E-state index in [4.69, 9.17) is 4.74 Å². The van der Waals surface area contributed by atoms with Crippen LogP contribution in [0.1, 0.15) is 71.6 Å². The zero-order valence-corrected chi connectivity index (χ0v) is 12.0. The second-order valence-corrected chi connectivity index (χ2v) is 5.52. The van der Waals surface area contributed by atoms with E-state index < -0.39 is 0 Å². The van der Waals surface area contributed by atoms with E-state index in [1.165, 1.54) is 19.3 Å². The first-order valence-electron chi connectivity index (χ1n) is 7.69. The third-order valence-electron chi connectivity index (χ3n) is 3.77. The van der Waals surface area contributed by atoms with Crippen molar-refractivity contribution >= 4 is 6.09 Å². The number of rotatable bonds is 7. The van der Waals surface area contributed by atoms with Gasteiger partial charge in [0.2, 0.25) is 0 Å². The van der Waals surface area contributed by atoms with Crippen molar-refractivity contribution < 1.29 is 9.53 Å². The fourth-order valence-corrected chi connectivity index (χ4v) is 2.78. The molecule has 0 heterocycles. The first kappa shape index (κ1) is 15.3. The third-order valence-corrected chi connectivity index (χ3v) is 3.77. The molecule has 0 aliphatic heterocycles. The smallest absolute Gasteiger partial charge is 0.407 e. The molecule has 1 fully saturated rings. The lowest BCUT2D eigenvalue weighted by molar-refractivity contribution is 0.116. The van der Waals surface area contributed by atoms with E-state index >= 15 is 0 Å². The monoisotopic (exact) mass is 255 g/mol. The van der Waals surface area contributed by atoms with Crippen LogP contribution in [0.4, 0.5) is 4.79 Å². The van der Waals surface area contributed by atoms with Gasteiger partial charge in [-0.25, -0.2) is 4.79 Å². The van der Waals surface area contributed by atoms with Crippen LogP contribution in [0, 0.1) is 5.92 Å². The predicted molar refractivity (Wildman–Crippen MR) is 74.7 cm³/mol. The molecule has 0 bridgehead atoms. The number of alkyl carbamates (subject to hydrolysis) is 1. The van der Waals surface area contributed by atoms with Crippen molar-refractivity contribution in [3.63, 3.8) is 0 Å². The molecule has 18 heavy (non-hydrogen) atoms. The Kier molecular flexibility index (Phi) is 7.86. The van der Waals surface area contributed by atoms with E-state index in [2.05, 4.69) is 19.2 Å². The number of hydrogen-bond donors (Lipinski definition) is 1. The van der Waals surface area contributed by atoms with Gasteiger partial charge in [-0.15, -0.1) is 0 Å². The van der Waals surface area contributed by atoms with Gasteiger partial charge in [0.1, 0.15) is 0 Å². The Morgan fingerprint density at radius 1 is 1.17 bits per heavy atom. The molecule has 0 spiro atoms. The number of ether oxygens (including phenoxy) is 1. The molecule has 1 saturated carbocycles. The van der Waals surface area contributed by atoms with Gasteiger partial charge >= 0.3 is 6.09 Å². The molecule has 106 valence electrons. The Morgan fingerprint density at radius 3 is 2.33 bits per heavy atom.